The van der Waals surface area contributed by atoms with Crippen LogP contribution in [0.3, 0.4) is 0 Å². The number of aliphatic hydroxyl groups is 1. The third kappa shape index (κ3) is 4.06. The predicted molar refractivity (Wildman–Crippen MR) is 70.1 cm³/mol. The molecule has 0 bridgehead atoms. The lowest BCUT2D eigenvalue weighted by Crippen LogP contribution is -2.42. The van der Waals surface area contributed by atoms with Crippen LogP contribution < -0.4 is 5.73 Å². The first-order valence-electron chi connectivity index (χ1n) is 6.18. The fraction of sp³-hybridized carbons (Fsp3) is 0.750. The number of ether oxygens (including phenoxy) is 1. The zero-order valence-corrected chi connectivity index (χ0v) is 11.4. The molecule has 0 amide bonds. The van der Waals surface area contributed by atoms with Crippen molar-refractivity contribution >= 4 is 0 Å². The Bertz CT molecular complexity index is 341. The van der Waals surface area contributed by atoms with Gasteiger partial charge >= 0.3 is 0 Å². The van der Waals surface area contributed by atoms with Gasteiger partial charge in [-0.25, -0.2) is 0 Å². The van der Waals surface area contributed by atoms with E-state index in [4.69, 9.17) is 10.5 Å². The van der Waals surface area contributed by atoms with Crippen LogP contribution >= 0.6 is 0 Å². The minimum atomic E-state index is -0.0439. The molecule has 0 fully saturated rings. The molecule has 0 saturated carbocycles. The van der Waals surface area contributed by atoms with E-state index in [9.17, 15) is 5.11 Å². The summed E-state index contributed by atoms with van der Waals surface area (Å²) in [6.45, 7) is 3.99. The summed E-state index contributed by atoms with van der Waals surface area (Å²) in [6, 6.07) is -0.00129. The standard InChI is InChI=1S/C12H24N4O2/c1-10(13)12(11-8-14-15(2)9-11)16(4-6-17)5-7-18-3/h8-10,12,17H,4-7,13H2,1-3H3. The van der Waals surface area contributed by atoms with Gasteiger partial charge in [0.05, 0.1) is 25.5 Å². The predicted octanol–water partition coefficient (Wildman–Crippen LogP) is -0.251. The largest absolute Gasteiger partial charge is 0.395 e. The van der Waals surface area contributed by atoms with E-state index in [-0.39, 0.29) is 18.7 Å². The average Bonchev–Trinajstić information content (AvgIpc) is 2.72. The maximum Gasteiger partial charge on any atom is 0.0589 e. The molecule has 1 aromatic rings. The van der Waals surface area contributed by atoms with Gasteiger partial charge in [0.25, 0.3) is 0 Å². The van der Waals surface area contributed by atoms with Gasteiger partial charge in [-0.15, -0.1) is 0 Å². The molecule has 0 aromatic carbocycles. The van der Waals surface area contributed by atoms with Gasteiger partial charge in [0.15, 0.2) is 0 Å². The van der Waals surface area contributed by atoms with Crippen LogP contribution in [0.15, 0.2) is 12.4 Å². The fourth-order valence-electron chi connectivity index (χ4n) is 2.17. The van der Waals surface area contributed by atoms with Gasteiger partial charge in [0, 0.05) is 45.0 Å². The van der Waals surface area contributed by atoms with E-state index in [1.165, 1.54) is 0 Å². The number of nitrogens with two attached hydrogens (primary N) is 1. The van der Waals surface area contributed by atoms with Crippen molar-refractivity contribution < 1.29 is 9.84 Å². The van der Waals surface area contributed by atoms with Crippen LogP contribution in [0, 0.1) is 0 Å². The first-order chi connectivity index (χ1) is 8.60. The van der Waals surface area contributed by atoms with E-state index in [1.54, 1.807) is 11.8 Å². The molecular weight excluding hydrogens is 232 g/mol. The van der Waals surface area contributed by atoms with Gasteiger partial charge in [0.1, 0.15) is 0 Å². The normalized spacial score (nSPS) is 15.0. The van der Waals surface area contributed by atoms with Crippen LogP contribution in [0.2, 0.25) is 0 Å². The Hall–Kier alpha value is -0.950. The maximum absolute atomic E-state index is 9.17. The summed E-state index contributed by atoms with van der Waals surface area (Å²) in [5.74, 6) is 0. The Kier molecular flexibility index (Phi) is 6.28. The zero-order valence-electron chi connectivity index (χ0n) is 11.4. The molecule has 0 aliphatic carbocycles. The minimum absolute atomic E-state index is 0.0426. The summed E-state index contributed by atoms with van der Waals surface area (Å²) in [5, 5.41) is 13.4. The molecule has 0 radical (unpaired) electrons. The Labute approximate surface area is 108 Å². The van der Waals surface area contributed by atoms with E-state index >= 15 is 0 Å². The number of aromatic nitrogens is 2. The van der Waals surface area contributed by atoms with Gasteiger partial charge in [-0.2, -0.15) is 5.10 Å². The monoisotopic (exact) mass is 256 g/mol. The zero-order chi connectivity index (χ0) is 13.5. The summed E-state index contributed by atoms with van der Waals surface area (Å²) in [7, 11) is 3.55. The second-order valence-corrected chi connectivity index (χ2v) is 4.50. The Balaban J connectivity index is 2.85. The topological polar surface area (TPSA) is 76.5 Å². The number of rotatable bonds is 8. The van der Waals surface area contributed by atoms with Crippen molar-refractivity contribution in [1.82, 2.24) is 14.7 Å². The molecule has 0 aliphatic heterocycles. The molecule has 2 atom stereocenters. The minimum Gasteiger partial charge on any atom is -0.395 e. The van der Waals surface area contributed by atoms with Crippen molar-refractivity contribution in [3.05, 3.63) is 18.0 Å². The lowest BCUT2D eigenvalue weighted by Gasteiger charge is -2.33. The molecule has 0 aliphatic rings. The first-order valence-corrected chi connectivity index (χ1v) is 6.18. The summed E-state index contributed by atoms with van der Waals surface area (Å²) in [5.41, 5.74) is 7.15. The lowest BCUT2D eigenvalue weighted by atomic mass is 10.0. The SMILES string of the molecule is COCCN(CCO)C(c1cnn(C)c1)C(C)N. The van der Waals surface area contributed by atoms with Crippen LogP contribution in [0.5, 0.6) is 0 Å². The average molecular weight is 256 g/mol. The lowest BCUT2D eigenvalue weighted by molar-refractivity contribution is 0.0928. The molecule has 0 spiro atoms. The van der Waals surface area contributed by atoms with E-state index in [1.807, 2.05) is 26.4 Å². The van der Waals surface area contributed by atoms with Crippen LogP contribution in [-0.4, -0.2) is 59.2 Å². The highest BCUT2D eigenvalue weighted by atomic mass is 16.5. The Morgan fingerprint density at radius 2 is 2.28 bits per heavy atom. The molecule has 104 valence electrons. The van der Waals surface area contributed by atoms with E-state index < -0.39 is 0 Å². The molecule has 6 heteroatoms. The summed E-state index contributed by atoms with van der Waals surface area (Å²) in [6.07, 6.45) is 3.79. The summed E-state index contributed by atoms with van der Waals surface area (Å²) >= 11 is 0. The van der Waals surface area contributed by atoms with Gasteiger partial charge in [-0.1, -0.05) is 0 Å². The molecule has 0 saturated heterocycles. The van der Waals surface area contributed by atoms with Crippen molar-refractivity contribution in [3.63, 3.8) is 0 Å². The van der Waals surface area contributed by atoms with Crippen molar-refractivity contribution in [2.75, 3.05) is 33.4 Å². The fourth-order valence-corrected chi connectivity index (χ4v) is 2.17. The number of hydrogen-bond donors (Lipinski definition) is 2. The summed E-state index contributed by atoms with van der Waals surface area (Å²) < 4.78 is 6.87. The summed E-state index contributed by atoms with van der Waals surface area (Å²) in [4.78, 5) is 2.13. The third-order valence-corrected chi connectivity index (χ3v) is 2.93. The number of hydrogen-bond acceptors (Lipinski definition) is 5. The number of nitrogens with zero attached hydrogens (tertiary/aromatic N) is 3. The van der Waals surface area contributed by atoms with Crippen LogP contribution in [0.1, 0.15) is 18.5 Å². The highest BCUT2D eigenvalue weighted by Crippen LogP contribution is 2.22. The smallest absolute Gasteiger partial charge is 0.0589 e. The van der Waals surface area contributed by atoms with Gasteiger partial charge in [-0.05, 0) is 6.92 Å². The Morgan fingerprint density at radius 3 is 2.72 bits per heavy atom. The van der Waals surface area contributed by atoms with E-state index in [0.717, 1.165) is 12.1 Å². The van der Waals surface area contributed by atoms with Crippen molar-refractivity contribution in [3.8, 4) is 0 Å². The molecule has 3 N–H and O–H groups in total. The van der Waals surface area contributed by atoms with E-state index in [0.29, 0.717) is 13.2 Å². The van der Waals surface area contributed by atoms with Gasteiger partial charge in [-0.3, -0.25) is 9.58 Å². The number of aryl methyl sites for hydroxylation is 1. The van der Waals surface area contributed by atoms with Gasteiger partial charge in [0.2, 0.25) is 0 Å². The highest BCUT2D eigenvalue weighted by Gasteiger charge is 2.24. The quantitative estimate of drug-likeness (QED) is 0.671. The molecule has 18 heavy (non-hydrogen) atoms. The molecule has 6 nitrogen and oxygen atoms in total. The second kappa shape index (κ2) is 7.48. The highest BCUT2D eigenvalue weighted by molar-refractivity contribution is 5.13. The number of aliphatic hydroxyl groups excluding tert-OH is 1. The Morgan fingerprint density at radius 1 is 1.56 bits per heavy atom. The van der Waals surface area contributed by atoms with Crippen LogP contribution in [0.4, 0.5) is 0 Å². The third-order valence-electron chi connectivity index (χ3n) is 2.93. The van der Waals surface area contributed by atoms with Crippen LogP contribution in [0.25, 0.3) is 0 Å². The second-order valence-electron chi connectivity index (χ2n) is 4.50. The molecule has 1 aromatic heterocycles. The van der Waals surface area contributed by atoms with E-state index in [2.05, 4.69) is 10.00 Å². The van der Waals surface area contributed by atoms with Crippen molar-refractivity contribution in [1.29, 1.82) is 0 Å². The van der Waals surface area contributed by atoms with Crippen molar-refractivity contribution in [2.24, 2.45) is 12.8 Å². The number of methoxy groups -OCH3 is 1. The maximum atomic E-state index is 9.17. The first kappa shape index (κ1) is 15.1. The molecule has 1 heterocycles. The molecular formula is C12H24N4O2. The van der Waals surface area contributed by atoms with Crippen LogP contribution in [-0.2, 0) is 11.8 Å². The molecule has 2 unspecified atom stereocenters. The van der Waals surface area contributed by atoms with Crippen molar-refractivity contribution in [2.45, 2.75) is 19.0 Å². The molecule has 1 rings (SSSR count). The van der Waals surface area contributed by atoms with Gasteiger partial charge < -0.3 is 15.6 Å².